The molecular weight excluding hydrogens is 512 g/mol. The Morgan fingerprint density at radius 2 is 1.19 bits per heavy atom. The van der Waals surface area contributed by atoms with Crippen LogP contribution in [0.5, 0.6) is 0 Å². The van der Waals surface area contributed by atoms with Gasteiger partial charge in [-0.2, -0.15) is 5.26 Å². The van der Waals surface area contributed by atoms with Gasteiger partial charge in [0.2, 0.25) is 0 Å². The van der Waals surface area contributed by atoms with Gasteiger partial charge in [-0.05, 0) is 67.6 Å². The van der Waals surface area contributed by atoms with Crippen LogP contribution >= 0.6 is 0 Å². The Bertz CT molecular complexity index is 2490. The molecule has 8 aromatic rings. The van der Waals surface area contributed by atoms with Crippen LogP contribution in [0.15, 0.2) is 122 Å². The lowest BCUT2D eigenvalue weighted by Gasteiger charge is -2.14. The summed E-state index contributed by atoms with van der Waals surface area (Å²) in [6, 6.07) is 40.5. The quantitative estimate of drug-likeness (QED) is 0.221. The first kappa shape index (κ1) is 24.0. The monoisotopic (exact) mass is 538 g/mol. The van der Waals surface area contributed by atoms with Crippen molar-refractivity contribution in [1.82, 2.24) is 13.4 Å². The van der Waals surface area contributed by atoms with E-state index < -0.39 is 0 Å². The predicted octanol–water partition coefficient (Wildman–Crippen LogP) is 9.71. The van der Waals surface area contributed by atoms with Crippen molar-refractivity contribution in [2.45, 2.75) is 6.92 Å². The molecule has 0 radical (unpaired) electrons. The molecule has 0 spiro atoms. The van der Waals surface area contributed by atoms with Gasteiger partial charge in [0, 0.05) is 27.4 Å². The molecule has 198 valence electrons. The minimum atomic E-state index is 0.632. The van der Waals surface area contributed by atoms with E-state index in [-0.39, 0.29) is 0 Å². The van der Waals surface area contributed by atoms with Crippen LogP contribution in [-0.4, -0.2) is 13.4 Å². The summed E-state index contributed by atoms with van der Waals surface area (Å²) in [5, 5.41) is 13.1. The van der Waals surface area contributed by atoms with Gasteiger partial charge in [-0.25, -0.2) is 0 Å². The normalized spacial score (nSPS) is 11.9. The lowest BCUT2D eigenvalue weighted by molar-refractivity contribution is 1.15. The minimum Gasteiger partial charge on any atom is -0.306 e. The van der Waals surface area contributed by atoms with Crippen LogP contribution in [0.25, 0.3) is 72.6 Å². The Morgan fingerprint density at radius 1 is 0.619 bits per heavy atom. The summed E-state index contributed by atoms with van der Waals surface area (Å²) in [5.74, 6) is 0. The van der Waals surface area contributed by atoms with Crippen LogP contribution in [0.4, 0.5) is 0 Å². The highest BCUT2D eigenvalue weighted by molar-refractivity contribution is 6.20. The Kier molecular flexibility index (Phi) is 5.22. The highest BCUT2D eigenvalue weighted by atomic mass is 15.0. The number of nitriles is 1. The SMILES string of the molecule is C=Cc1c(/C=C\C)c2ccc3c4ccccc4n4c5ccccc5n(-c5ccc(C#N)cc5)c5ccccc5n1c2c34. The summed E-state index contributed by atoms with van der Waals surface area (Å²) in [6.45, 7) is 6.36. The highest BCUT2D eigenvalue weighted by Gasteiger charge is 2.21. The maximum Gasteiger partial charge on any atom is 0.0991 e. The molecule has 42 heavy (non-hydrogen) atoms. The van der Waals surface area contributed by atoms with Gasteiger partial charge in [0.25, 0.3) is 0 Å². The van der Waals surface area contributed by atoms with Gasteiger partial charge in [-0.3, -0.25) is 0 Å². The maximum atomic E-state index is 9.54. The largest absolute Gasteiger partial charge is 0.306 e. The van der Waals surface area contributed by atoms with E-state index in [1.165, 1.54) is 16.2 Å². The summed E-state index contributed by atoms with van der Waals surface area (Å²) in [4.78, 5) is 0. The number of para-hydroxylation sites is 5. The number of rotatable bonds is 3. The van der Waals surface area contributed by atoms with Gasteiger partial charge < -0.3 is 13.4 Å². The van der Waals surface area contributed by atoms with E-state index in [0.717, 1.165) is 55.6 Å². The minimum absolute atomic E-state index is 0.632. The first-order chi connectivity index (χ1) is 20.7. The van der Waals surface area contributed by atoms with Gasteiger partial charge in [-0.1, -0.05) is 73.3 Å². The van der Waals surface area contributed by atoms with Gasteiger partial charge in [-0.15, -0.1) is 0 Å². The van der Waals surface area contributed by atoms with E-state index in [4.69, 9.17) is 0 Å². The van der Waals surface area contributed by atoms with Gasteiger partial charge in [0.1, 0.15) is 0 Å². The zero-order chi connectivity index (χ0) is 28.4. The second-order valence-corrected chi connectivity index (χ2v) is 10.5. The summed E-state index contributed by atoms with van der Waals surface area (Å²) in [7, 11) is 0. The fourth-order valence-corrected chi connectivity index (χ4v) is 6.68. The Balaban J connectivity index is 1.83. The molecule has 0 aliphatic heterocycles. The third-order valence-corrected chi connectivity index (χ3v) is 8.35. The van der Waals surface area contributed by atoms with Crippen LogP contribution in [0.3, 0.4) is 0 Å². The van der Waals surface area contributed by atoms with E-state index in [1.54, 1.807) is 0 Å². The molecule has 8 rings (SSSR count). The van der Waals surface area contributed by atoms with Gasteiger partial charge in [0.05, 0.1) is 55.9 Å². The van der Waals surface area contributed by atoms with Crippen molar-refractivity contribution in [3.8, 4) is 11.8 Å². The zero-order valence-corrected chi connectivity index (χ0v) is 23.1. The molecule has 0 amide bonds. The van der Waals surface area contributed by atoms with Crippen molar-refractivity contribution in [3.63, 3.8) is 0 Å². The molecule has 0 aliphatic rings. The summed E-state index contributed by atoms with van der Waals surface area (Å²) >= 11 is 0. The third-order valence-electron chi connectivity index (χ3n) is 8.35. The number of fused-ring (bicyclic) bond motifs is 7. The smallest absolute Gasteiger partial charge is 0.0991 e. The van der Waals surface area contributed by atoms with Crippen LogP contribution in [0.1, 0.15) is 23.7 Å². The fraction of sp³-hybridized carbons (Fsp3) is 0.0263. The number of aromatic nitrogens is 3. The van der Waals surface area contributed by atoms with Crippen LogP contribution in [0, 0.1) is 11.3 Å². The highest BCUT2D eigenvalue weighted by Crippen LogP contribution is 2.40. The second kappa shape index (κ2) is 9.12. The Labute approximate surface area is 242 Å². The van der Waals surface area contributed by atoms with Crippen LogP contribution in [0.2, 0.25) is 0 Å². The average molecular weight is 539 g/mol. The lowest BCUT2D eigenvalue weighted by atomic mass is 10.1. The number of allylic oxidation sites excluding steroid dienone is 1. The zero-order valence-electron chi connectivity index (χ0n) is 23.1. The molecule has 0 aliphatic carbocycles. The lowest BCUT2D eigenvalue weighted by Crippen LogP contribution is -2.00. The first-order valence-electron chi connectivity index (χ1n) is 14.1. The molecule has 0 N–H and O–H groups in total. The molecule has 0 bridgehead atoms. The van der Waals surface area contributed by atoms with E-state index in [2.05, 4.69) is 130 Å². The third kappa shape index (κ3) is 3.16. The molecule has 4 heteroatoms. The molecule has 0 saturated heterocycles. The van der Waals surface area contributed by atoms with Crippen LogP contribution in [-0.2, 0) is 0 Å². The van der Waals surface area contributed by atoms with E-state index in [9.17, 15) is 5.26 Å². The standard InChI is InChI=1S/C38H26N4/c1-3-11-27-29-22-23-30-28-12-5-6-13-32(28)42-36-17-10-8-15-34(36)40(26-20-18-25(24-39)19-21-26)33-14-7-9-16-35(33)41(31(27)4-2)37(29)38(30)42/h3-23H,2H2,1H3/b11-3-. The van der Waals surface area contributed by atoms with Crippen molar-refractivity contribution in [1.29, 1.82) is 5.26 Å². The Morgan fingerprint density at radius 3 is 1.83 bits per heavy atom. The van der Waals surface area contributed by atoms with E-state index in [1.807, 2.05) is 30.3 Å². The van der Waals surface area contributed by atoms with Crippen LogP contribution < -0.4 is 0 Å². The van der Waals surface area contributed by atoms with E-state index >= 15 is 0 Å². The second-order valence-electron chi connectivity index (χ2n) is 10.5. The molecule has 3 heterocycles. The number of nitrogens with zero attached hydrogens (tertiary/aromatic N) is 4. The predicted molar refractivity (Wildman–Crippen MR) is 176 cm³/mol. The van der Waals surface area contributed by atoms with Crippen molar-refractivity contribution in [2.75, 3.05) is 0 Å². The van der Waals surface area contributed by atoms with E-state index in [0.29, 0.717) is 5.56 Å². The molecular formula is C38H26N4. The summed E-state index contributed by atoms with van der Waals surface area (Å²) in [5.41, 5.74) is 11.5. The first-order valence-corrected chi connectivity index (χ1v) is 14.1. The number of benzene rings is 5. The number of hydrogen-bond acceptors (Lipinski definition) is 1. The van der Waals surface area contributed by atoms with Gasteiger partial charge in [0.15, 0.2) is 0 Å². The summed E-state index contributed by atoms with van der Waals surface area (Å²) in [6.07, 6.45) is 6.26. The molecule has 0 fully saturated rings. The van der Waals surface area contributed by atoms with Gasteiger partial charge >= 0.3 is 0 Å². The molecule has 4 nitrogen and oxygen atoms in total. The van der Waals surface area contributed by atoms with Crippen molar-refractivity contribution in [3.05, 3.63) is 139 Å². The van der Waals surface area contributed by atoms with Crippen molar-refractivity contribution in [2.24, 2.45) is 0 Å². The maximum absolute atomic E-state index is 9.54. The number of hydrogen-bond donors (Lipinski definition) is 0. The molecule has 5 aromatic carbocycles. The van der Waals surface area contributed by atoms with Crippen molar-refractivity contribution >= 4 is 66.9 Å². The fourth-order valence-electron chi connectivity index (χ4n) is 6.68. The van der Waals surface area contributed by atoms with Crippen molar-refractivity contribution < 1.29 is 0 Å². The Hall–Kier alpha value is -5.79. The molecule has 0 atom stereocenters. The molecule has 3 aromatic heterocycles. The average Bonchev–Trinajstić information content (AvgIpc) is 3.55. The topological polar surface area (TPSA) is 37.5 Å². The molecule has 0 saturated carbocycles. The summed E-state index contributed by atoms with van der Waals surface area (Å²) < 4.78 is 7.12. The molecule has 0 unspecified atom stereocenters.